The zero-order chi connectivity index (χ0) is 20.5. The number of para-hydroxylation sites is 1. The first-order valence-electron chi connectivity index (χ1n) is 9.63. The van der Waals surface area contributed by atoms with Crippen LogP contribution in [0.1, 0.15) is 20.8 Å². The Morgan fingerprint density at radius 3 is 2.93 bits per heavy atom. The molecule has 0 atom stereocenters. The van der Waals surface area contributed by atoms with Gasteiger partial charge in [0.15, 0.2) is 12.4 Å². The lowest BCUT2D eigenvalue weighted by Crippen LogP contribution is -2.38. The average Bonchev–Trinajstić information content (AvgIpc) is 3.48. The van der Waals surface area contributed by atoms with Crippen molar-refractivity contribution in [2.45, 2.75) is 13.0 Å². The minimum Gasteiger partial charge on any atom is -0.463 e. The number of ether oxygens (including phenoxy) is 1. The highest BCUT2D eigenvalue weighted by Gasteiger charge is 2.23. The van der Waals surface area contributed by atoms with Gasteiger partial charge >= 0.3 is 5.97 Å². The van der Waals surface area contributed by atoms with E-state index in [1.807, 2.05) is 35.7 Å². The topological polar surface area (TPSA) is 72.6 Å². The summed E-state index contributed by atoms with van der Waals surface area (Å²) in [5.41, 5.74) is 2.73. The molecule has 0 fully saturated rings. The molecule has 3 aromatic heterocycles. The second-order valence-corrected chi connectivity index (χ2v) is 8.06. The van der Waals surface area contributed by atoms with Crippen LogP contribution < -0.4 is 0 Å². The van der Waals surface area contributed by atoms with Crippen molar-refractivity contribution in [2.75, 3.05) is 13.2 Å². The van der Waals surface area contributed by atoms with Crippen molar-refractivity contribution < 1.29 is 18.7 Å². The van der Waals surface area contributed by atoms with Gasteiger partial charge in [-0.25, -0.2) is 9.78 Å². The van der Waals surface area contributed by atoms with Crippen LogP contribution in [0, 0.1) is 0 Å². The maximum absolute atomic E-state index is 12.9. The Hall–Kier alpha value is -3.45. The van der Waals surface area contributed by atoms with Gasteiger partial charge in [-0.1, -0.05) is 18.2 Å². The lowest BCUT2D eigenvalue weighted by Gasteiger charge is -2.26. The van der Waals surface area contributed by atoms with E-state index in [2.05, 4.69) is 4.98 Å². The van der Waals surface area contributed by atoms with Gasteiger partial charge in [-0.15, -0.1) is 11.3 Å². The van der Waals surface area contributed by atoms with E-state index in [1.54, 1.807) is 40.7 Å². The summed E-state index contributed by atoms with van der Waals surface area (Å²) in [5, 5.41) is 2.72. The Morgan fingerprint density at radius 2 is 2.07 bits per heavy atom. The Labute approximate surface area is 176 Å². The smallest absolute Gasteiger partial charge is 0.339 e. The first-order valence-corrected chi connectivity index (χ1v) is 10.5. The van der Waals surface area contributed by atoms with E-state index in [-0.39, 0.29) is 12.5 Å². The maximum atomic E-state index is 12.9. The number of pyridine rings is 1. The number of hydrogen-bond acceptors (Lipinski definition) is 6. The van der Waals surface area contributed by atoms with E-state index in [0.717, 1.165) is 6.42 Å². The monoisotopic (exact) mass is 418 g/mol. The lowest BCUT2D eigenvalue weighted by molar-refractivity contribution is -0.135. The molecule has 0 unspecified atom stereocenters. The number of benzene rings is 1. The fraction of sp³-hybridized carbons (Fsp3) is 0.174. The number of hydrogen-bond donors (Lipinski definition) is 0. The van der Waals surface area contributed by atoms with Gasteiger partial charge in [0.25, 0.3) is 5.91 Å². The lowest BCUT2D eigenvalue weighted by atomic mass is 10.1. The van der Waals surface area contributed by atoms with E-state index in [4.69, 9.17) is 9.15 Å². The van der Waals surface area contributed by atoms with E-state index in [0.29, 0.717) is 41.0 Å². The largest absolute Gasteiger partial charge is 0.463 e. The van der Waals surface area contributed by atoms with Gasteiger partial charge in [0.1, 0.15) is 5.69 Å². The highest BCUT2D eigenvalue weighted by atomic mass is 32.1. The van der Waals surface area contributed by atoms with Crippen molar-refractivity contribution >= 4 is 34.1 Å². The fourth-order valence-corrected chi connectivity index (χ4v) is 4.54. The van der Waals surface area contributed by atoms with Gasteiger partial charge in [0, 0.05) is 23.4 Å². The standard InChI is InChI=1S/C23H18N2O4S/c26-22(25-9-7-21-15(13-25)8-11-30-21)14-29-23(27)17-12-19(20-6-3-10-28-20)24-18-5-2-1-4-16(17)18/h1-6,8,10-12H,7,9,13-14H2. The minimum absolute atomic E-state index is 0.190. The van der Waals surface area contributed by atoms with Gasteiger partial charge in [-0.05, 0) is 47.7 Å². The summed E-state index contributed by atoms with van der Waals surface area (Å²) in [6.45, 7) is 0.922. The Kier molecular flexibility index (Phi) is 4.80. The number of carbonyl (C=O) groups is 2. The van der Waals surface area contributed by atoms with Crippen LogP contribution in [0.5, 0.6) is 0 Å². The molecule has 0 N–H and O–H groups in total. The Balaban J connectivity index is 1.35. The van der Waals surface area contributed by atoms with Crippen molar-refractivity contribution in [3.05, 3.63) is 76.2 Å². The molecule has 1 aromatic carbocycles. The molecule has 0 saturated carbocycles. The van der Waals surface area contributed by atoms with Crippen molar-refractivity contribution in [3.63, 3.8) is 0 Å². The number of aromatic nitrogens is 1. The van der Waals surface area contributed by atoms with E-state index in [9.17, 15) is 9.59 Å². The third kappa shape index (κ3) is 3.48. The summed E-state index contributed by atoms with van der Waals surface area (Å²) in [4.78, 5) is 33.1. The molecule has 30 heavy (non-hydrogen) atoms. The van der Waals surface area contributed by atoms with E-state index in [1.165, 1.54) is 10.4 Å². The summed E-state index contributed by atoms with van der Waals surface area (Å²) in [6, 6.07) is 14.6. The van der Waals surface area contributed by atoms with Gasteiger partial charge in [0.05, 0.1) is 17.3 Å². The van der Waals surface area contributed by atoms with Crippen LogP contribution in [0.4, 0.5) is 0 Å². The number of carbonyl (C=O) groups excluding carboxylic acids is 2. The molecule has 0 saturated heterocycles. The highest BCUT2D eigenvalue weighted by molar-refractivity contribution is 7.10. The number of thiophene rings is 1. The molecule has 5 rings (SSSR count). The molecule has 1 aliphatic rings. The fourth-order valence-electron chi connectivity index (χ4n) is 3.65. The number of amides is 1. The SMILES string of the molecule is O=C(OCC(=O)N1CCc2sccc2C1)c1cc(-c2ccco2)nc2ccccc12. The zero-order valence-corrected chi connectivity index (χ0v) is 16.9. The average molecular weight is 418 g/mol. The van der Waals surface area contributed by atoms with Gasteiger partial charge in [-0.2, -0.15) is 0 Å². The highest BCUT2D eigenvalue weighted by Crippen LogP contribution is 2.26. The van der Waals surface area contributed by atoms with Gasteiger partial charge < -0.3 is 14.1 Å². The van der Waals surface area contributed by atoms with Crippen LogP contribution in [0.3, 0.4) is 0 Å². The number of furan rings is 1. The molecule has 0 bridgehead atoms. The number of nitrogens with zero attached hydrogens (tertiary/aromatic N) is 2. The summed E-state index contributed by atoms with van der Waals surface area (Å²) in [6.07, 6.45) is 2.40. The third-order valence-electron chi connectivity index (χ3n) is 5.20. The maximum Gasteiger partial charge on any atom is 0.339 e. The molecule has 0 spiro atoms. The third-order valence-corrected chi connectivity index (χ3v) is 6.22. The Morgan fingerprint density at radius 1 is 1.17 bits per heavy atom. The second-order valence-electron chi connectivity index (χ2n) is 7.06. The minimum atomic E-state index is -0.553. The number of esters is 1. The van der Waals surface area contributed by atoms with Crippen LogP contribution in [0.2, 0.25) is 0 Å². The molecule has 4 aromatic rings. The van der Waals surface area contributed by atoms with Crippen LogP contribution in [0.15, 0.2) is 64.6 Å². The van der Waals surface area contributed by atoms with Gasteiger partial charge in [-0.3, -0.25) is 4.79 Å². The van der Waals surface area contributed by atoms with Crippen molar-refractivity contribution in [3.8, 4) is 11.5 Å². The van der Waals surface area contributed by atoms with Crippen LogP contribution in [0.25, 0.3) is 22.4 Å². The molecule has 0 aliphatic carbocycles. The molecule has 150 valence electrons. The number of fused-ring (bicyclic) bond motifs is 2. The van der Waals surface area contributed by atoms with Crippen molar-refractivity contribution in [1.29, 1.82) is 0 Å². The molecular formula is C23H18N2O4S. The van der Waals surface area contributed by atoms with Crippen LogP contribution in [-0.2, 0) is 22.5 Å². The molecule has 1 aliphatic heterocycles. The first-order chi connectivity index (χ1) is 14.7. The predicted molar refractivity (Wildman–Crippen MR) is 113 cm³/mol. The van der Waals surface area contributed by atoms with Crippen LogP contribution in [-0.4, -0.2) is 34.9 Å². The van der Waals surface area contributed by atoms with Gasteiger partial charge in [0.2, 0.25) is 0 Å². The van der Waals surface area contributed by atoms with Crippen LogP contribution >= 0.6 is 11.3 Å². The molecule has 0 radical (unpaired) electrons. The molecule has 4 heterocycles. The van der Waals surface area contributed by atoms with Crippen molar-refractivity contribution in [2.24, 2.45) is 0 Å². The van der Waals surface area contributed by atoms with Crippen molar-refractivity contribution in [1.82, 2.24) is 9.88 Å². The molecule has 6 nitrogen and oxygen atoms in total. The quantitative estimate of drug-likeness (QED) is 0.462. The first kappa shape index (κ1) is 18.6. The number of rotatable bonds is 4. The summed E-state index contributed by atoms with van der Waals surface area (Å²) in [7, 11) is 0. The predicted octanol–water partition coefficient (Wildman–Crippen LogP) is 4.30. The summed E-state index contributed by atoms with van der Waals surface area (Å²) in [5.74, 6) is -0.182. The molecular weight excluding hydrogens is 400 g/mol. The normalized spacial score (nSPS) is 13.3. The van der Waals surface area contributed by atoms with E-state index < -0.39 is 5.97 Å². The molecule has 7 heteroatoms. The zero-order valence-electron chi connectivity index (χ0n) is 16.0. The Bertz CT molecular complexity index is 1230. The summed E-state index contributed by atoms with van der Waals surface area (Å²) < 4.78 is 10.8. The van der Waals surface area contributed by atoms with E-state index >= 15 is 0 Å². The molecule has 1 amide bonds. The second kappa shape index (κ2) is 7.76. The summed E-state index contributed by atoms with van der Waals surface area (Å²) >= 11 is 1.72.